The number of anilines is 1. The van der Waals surface area contributed by atoms with Crippen molar-refractivity contribution < 1.29 is 19.4 Å². The number of aryl methyl sites for hydroxylation is 1. The van der Waals surface area contributed by atoms with Gasteiger partial charge in [-0.3, -0.25) is 9.48 Å². The molecule has 7 nitrogen and oxygen atoms in total. The average molecular weight is 345 g/mol. The highest BCUT2D eigenvalue weighted by Gasteiger charge is 2.30. The second kappa shape index (κ2) is 7.83. The van der Waals surface area contributed by atoms with Gasteiger partial charge >= 0.3 is 5.97 Å². The van der Waals surface area contributed by atoms with Crippen molar-refractivity contribution in [1.29, 1.82) is 0 Å². The first-order chi connectivity index (χ1) is 11.8. The molecule has 7 heteroatoms. The molecule has 0 unspecified atom stereocenters. The Balaban J connectivity index is 1.88. The van der Waals surface area contributed by atoms with Crippen LogP contribution in [0.15, 0.2) is 36.7 Å². The van der Waals surface area contributed by atoms with E-state index in [1.807, 2.05) is 31.2 Å². The Kier molecular flexibility index (Phi) is 5.80. The van der Waals surface area contributed by atoms with Gasteiger partial charge < -0.3 is 15.2 Å². The van der Waals surface area contributed by atoms with E-state index in [4.69, 9.17) is 4.74 Å². The van der Waals surface area contributed by atoms with Gasteiger partial charge in [-0.15, -0.1) is 0 Å². The maximum absolute atomic E-state index is 12.1. The molecule has 1 aromatic heterocycles. The molecule has 0 aliphatic carbocycles. The number of hydrogen-bond donors (Lipinski definition) is 2. The number of hydrogen-bond acceptors (Lipinski definition) is 4. The van der Waals surface area contributed by atoms with E-state index in [2.05, 4.69) is 10.4 Å². The molecule has 2 aromatic rings. The van der Waals surface area contributed by atoms with Crippen molar-refractivity contribution in [2.45, 2.75) is 39.2 Å². The van der Waals surface area contributed by atoms with Crippen LogP contribution in [0.4, 0.5) is 5.69 Å². The number of nitrogens with zero attached hydrogens (tertiary/aromatic N) is 2. The van der Waals surface area contributed by atoms with Gasteiger partial charge in [-0.25, -0.2) is 4.79 Å². The summed E-state index contributed by atoms with van der Waals surface area (Å²) in [7, 11) is 0. The molecule has 0 radical (unpaired) electrons. The van der Waals surface area contributed by atoms with E-state index in [0.29, 0.717) is 25.1 Å². The third kappa shape index (κ3) is 4.82. The van der Waals surface area contributed by atoms with E-state index in [9.17, 15) is 14.7 Å². The lowest BCUT2D eigenvalue weighted by Crippen LogP contribution is -2.35. The van der Waals surface area contributed by atoms with Gasteiger partial charge in [0, 0.05) is 12.6 Å². The Labute approximate surface area is 146 Å². The summed E-state index contributed by atoms with van der Waals surface area (Å²) in [5, 5.41) is 15.9. The molecule has 0 aliphatic rings. The molecule has 0 bridgehead atoms. The molecule has 25 heavy (non-hydrogen) atoms. The van der Waals surface area contributed by atoms with Gasteiger partial charge in [0.05, 0.1) is 18.5 Å². The maximum Gasteiger partial charge on any atom is 0.331 e. The smallest absolute Gasteiger partial charge is 0.331 e. The first kappa shape index (κ1) is 18.5. The topological polar surface area (TPSA) is 93.5 Å². The van der Waals surface area contributed by atoms with Gasteiger partial charge in [0.2, 0.25) is 5.91 Å². The van der Waals surface area contributed by atoms with Crippen LogP contribution in [0.25, 0.3) is 0 Å². The molecule has 2 rings (SSSR count). The fourth-order valence-electron chi connectivity index (χ4n) is 2.19. The Hall–Kier alpha value is -2.83. The number of rotatable bonds is 8. The van der Waals surface area contributed by atoms with Crippen molar-refractivity contribution in [2.24, 2.45) is 0 Å². The molecular weight excluding hydrogens is 322 g/mol. The van der Waals surface area contributed by atoms with E-state index in [-0.39, 0.29) is 5.91 Å². The zero-order chi connectivity index (χ0) is 18.4. The van der Waals surface area contributed by atoms with Crippen LogP contribution < -0.4 is 10.1 Å². The Morgan fingerprint density at radius 3 is 2.56 bits per heavy atom. The second-order valence-electron chi connectivity index (χ2n) is 6.16. The minimum atomic E-state index is -1.18. The lowest BCUT2D eigenvalue weighted by atomic mass is 10.1. The lowest BCUT2D eigenvalue weighted by molar-refractivity contribution is -0.146. The summed E-state index contributed by atoms with van der Waals surface area (Å²) in [6.07, 6.45) is 3.89. The summed E-state index contributed by atoms with van der Waals surface area (Å²) < 4.78 is 6.70. The van der Waals surface area contributed by atoms with Gasteiger partial charge in [-0.1, -0.05) is 12.1 Å². The van der Waals surface area contributed by atoms with Gasteiger partial charge in [0.15, 0.2) is 5.54 Å². The SMILES string of the molecule is CCOc1ccc(CCC(=O)Nc2cnn(C(C)(C)C(=O)O)c2)cc1. The summed E-state index contributed by atoms with van der Waals surface area (Å²) in [5.74, 6) is -0.338. The molecule has 0 saturated carbocycles. The number of benzene rings is 1. The van der Waals surface area contributed by atoms with Gasteiger partial charge in [-0.05, 0) is 44.9 Å². The largest absolute Gasteiger partial charge is 0.494 e. The lowest BCUT2D eigenvalue weighted by Gasteiger charge is -2.19. The molecule has 0 saturated heterocycles. The van der Waals surface area contributed by atoms with E-state index in [1.165, 1.54) is 17.1 Å². The van der Waals surface area contributed by atoms with Crippen molar-refractivity contribution in [3.8, 4) is 5.75 Å². The summed E-state index contributed by atoms with van der Waals surface area (Å²) >= 11 is 0. The minimum Gasteiger partial charge on any atom is -0.494 e. The molecule has 0 aliphatic heterocycles. The van der Waals surface area contributed by atoms with Crippen molar-refractivity contribution in [3.63, 3.8) is 0 Å². The molecule has 1 aromatic carbocycles. The normalized spacial score (nSPS) is 11.2. The van der Waals surface area contributed by atoms with Crippen LogP contribution in [0.1, 0.15) is 32.8 Å². The van der Waals surface area contributed by atoms with Gasteiger partial charge in [0.25, 0.3) is 0 Å². The van der Waals surface area contributed by atoms with Gasteiger partial charge in [0.1, 0.15) is 5.75 Å². The summed E-state index contributed by atoms with van der Waals surface area (Å²) in [5.41, 5.74) is 0.345. The van der Waals surface area contributed by atoms with E-state index >= 15 is 0 Å². The average Bonchev–Trinajstić information content (AvgIpc) is 3.03. The predicted molar refractivity (Wildman–Crippen MR) is 93.7 cm³/mol. The van der Waals surface area contributed by atoms with E-state index in [0.717, 1.165) is 11.3 Å². The molecule has 0 fully saturated rings. The predicted octanol–water partition coefficient (Wildman–Crippen LogP) is 2.67. The van der Waals surface area contributed by atoms with Crippen LogP contribution in [-0.4, -0.2) is 33.4 Å². The summed E-state index contributed by atoms with van der Waals surface area (Å²) in [6, 6.07) is 7.64. The van der Waals surface area contributed by atoms with Crippen LogP contribution in [0.5, 0.6) is 5.75 Å². The molecule has 2 N–H and O–H groups in total. The molecule has 1 heterocycles. The summed E-state index contributed by atoms with van der Waals surface area (Å²) in [6.45, 7) is 5.63. The van der Waals surface area contributed by atoms with Crippen LogP contribution in [0, 0.1) is 0 Å². The van der Waals surface area contributed by atoms with Crippen LogP contribution >= 0.6 is 0 Å². The highest BCUT2D eigenvalue weighted by atomic mass is 16.5. The number of carbonyl (C=O) groups excluding carboxylic acids is 1. The fraction of sp³-hybridized carbons (Fsp3) is 0.389. The minimum absolute atomic E-state index is 0.151. The first-order valence-corrected chi connectivity index (χ1v) is 8.13. The Bertz CT molecular complexity index is 735. The van der Waals surface area contributed by atoms with Crippen LogP contribution in [0.3, 0.4) is 0 Å². The molecule has 0 atom stereocenters. The molecule has 1 amide bonds. The fourth-order valence-corrected chi connectivity index (χ4v) is 2.19. The van der Waals surface area contributed by atoms with Crippen molar-refractivity contribution >= 4 is 17.6 Å². The number of carbonyl (C=O) groups is 2. The Morgan fingerprint density at radius 1 is 1.28 bits per heavy atom. The number of carboxylic acid groups (broad SMARTS) is 1. The molecule has 0 spiro atoms. The quantitative estimate of drug-likeness (QED) is 0.767. The highest BCUT2D eigenvalue weighted by Crippen LogP contribution is 2.18. The van der Waals surface area contributed by atoms with Crippen LogP contribution in [0.2, 0.25) is 0 Å². The zero-order valence-corrected chi connectivity index (χ0v) is 14.7. The number of aliphatic carboxylic acids is 1. The molecular formula is C18H23N3O4. The summed E-state index contributed by atoms with van der Waals surface area (Å²) in [4.78, 5) is 23.3. The Morgan fingerprint density at radius 2 is 1.96 bits per heavy atom. The first-order valence-electron chi connectivity index (χ1n) is 8.13. The number of nitrogens with one attached hydrogen (secondary N) is 1. The standard InChI is InChI=1S/C18H23N3O4/c1-4-25-15-8-5-13(6-9-15)7-10-16(22)20-14-11-19-21(12-14)18(2,3)17(23)24/h5-6,8-9,11-12H,4,7,10H2,1-3H3,(H,20,22)(H,23,24). The monoisotopic (exact) mass is 345 g/mol. The van der Waals surface area contributed by atoms with Crippen LogP contribution in [-0.2, 0) is 21.5 Å². The van der Waals surface area contributed by atoms with Crippen molar-refractivity contribution in [3.05, 3.63) is 42.2 Å². The van der Waals surface area contributed by atoms with Crippen molar-refractivity contribution in [2.75, 3.05) is 11.9 Å². The van der Waals surface area contributed by atoms with Gasteiger partial charge in [-0.2, -0.15) is 5.10 Å². The van der Waals surface area contributed by atoms with Crippen molar-refractivity contribution in [1.82, 2.24) is 9.78 Å². The van der Waals surface area contributed by atoms with E-state index in [1.54, 1.807) is 13.8 Å². The highest BCUT2D eigenvalue weighted by molar-refractivity contribution is 5.90. The molecule has 134 valence electrons. The third-order valence-electron chi connectivity index (χ3n) is 3.84. The number of ether oxygens (including phenoxy) is 1. The number of carboxylic acids is 1. The third-order valence-corrected chi connectivity index (χ3v) is 3.84. The second-order valence-corrected chi connectivity index (χ2v) is 6.16. The zero-order valence-electron chi connectivity index (χ0n) is 14.7. The maximum atomic E-state index is 12.1. The van der Waals surface area contributed by atoms with E-state index < -0.39 is 11.5 Å². The number of aromatic nitrogens is 2. The number of amides is 1.